The number of nitrogens with zero attached hydrogens (tertiary/aromatic N) is 1. The van der Waals surface area contributed by atoms with Crippen LogP contribution in [0.25, 0.3) is 0 Å². The van der Waals surface area contributed by atoms with Gasteiger partial charge in [-0.05, 0) is 17.7 Å². The number of carbonyl (C=O) groups is 1. The molecule has 0 bridgehead atoms. The van der Waals surface area contributed by atoms with Gasteiger partial charge in [-0.25, -0.2) is 0 Å². The van der Waals surface area contributed by atoms with Crippen molar-refractivity contribution in [2.24, 2.45) is 0 Å². The second-order valence-electron chi connectivity index (χ2n) is 4.73. The quantitative estimate of drug-likeness (QED) is 0.770. The Kier molecular flexibility index (Phi) is 5.64. The van der Waals surface area contributed by atoms with E-state index in [1.807, 2.05) is 23.1 Å². The maximum atomic E-state index is 11.4. The fourth-order valence-corrected chi connectivity index (χ4v) is 2.49. The summed E-state index contributed by atoms with van der Waals surface area (Å²) < 4.78 is 4.98. The van der Waals surface area contributed by atoms with Gasteiger partial charge in [0.25, 0.3) is 0 Å². The second-order valence-corrected chi connectivity index (χ2v) is 5.13. The van der Waals surface area contributed by atoms with E-state index in [0.29, 0.717) is 24.7 Å². The molecule has 1 fully saturated rings. The average molecular weight is 298 g/mol. The lowest BCUT2D eigenvalue weighted by atomic mass is 10.1. The van der Waals surface area contributed by atoms with Gasteiger partial charge in [0, 0.05) is 33.3 Å². The topological polar surface area (TPSA) is 53.6 Å². The number of anilines is 1. The third-order valence-electron chi connectivity index (χ3n) is 3.20. The van der Waals surface area contributed by atoms with E-state index >= 15 is 0 Å². The molecule has 1 amide bonds. The van der Waals surface area contributed by atoms with Crippen molar-refractivity contribution < 1.29 is 9.53 Å². The molecule has 6 heteroatoms. The minimum Gasteiger partial charge on any atom is -0.383 e. The monoisotopic (exact) mass is 297 g/mol. The number of carbonyl (C=O) groups excluding carboxylic acids is 1. The largest absolute Gasteiger partial charge is 0.383 e. The Balaban J connectivity index is 1.96. The molecule has 0 radical (unpaired) electrons. The highest BCUT2D eigenvalue weighted by molar-refractivity contribution is 6.33. The van der Waals surface area contributed by atoms with Gasteiger partial charge in [0.15, 0.2) is 0 Å². The van der Waals surface area contributed by atoms with Crippen LogP contribution >= 0.6 is 11.6 Å². The van der Waals surface area contributed by atoms with Crippen molar-refractivity contribution in [3.05, 3.63) is 28.8 Å². The van der Waals surface area contributed by atoms with E-state index in [0.717, 1.165) is 30.9 Å². The van der Waals surface area contributed by atoms with E-state index in [2.05, 4.69) is 10.6 Å². The van der Waals surface area contributed by atoms with Crippen LogP contribution in [-0.4, -0.2) is 45.8 Å². The number of halogens is 1. The molecule has 5 nitrogen and oxygen atoms in total. The van der Waals surface area contributed by atoms with Crippen LogP contribution in [0.15, 0.2) is 18.2 Å². The molecule has 0 spiro atoms. The van der Waals surface area contributed by atoms with E-state index in [4.69, 9.17) is 16.3 Å². The molecule has 1 heterocycles. The van der Waals surface area contributed by atoms with Crippen LogP contribution in [-0.2, 0) is 16.1 Å². The van der Waals surface area contributed by atoms with Gasteiger partial charge in [0.05, 0.1) is 23.9 Å². The van der Waals surface area contributed by atoms with Crippen LogP contribution in [0.2, 0.25) is 5.02 Å². The summed E-state index contributed by atoms with van der Waals surface area (Å²) in [4.78, 5) is 13.4. The van der Waals surface area contributed by atoms with Gasteiger partial charge in [-0.3, -0.25) is 4.79 Å². The lowest BCUT2D eigenvalue weighted by Gasteiger charge is -2.29. The Labute approximate surface area is 124 Å². The summed E-state index contributed by atoms with van der Waals surface area (Å²) in [5.74, 6) is 0.0395. The number of hydrogen-bond donors (Lipinski definition) is 2. The Morgan fingerprint density at radius 1 is 1.50 bits per heavy atom. The van der Waals surface area contributed by atoms with E-state index in [1.54, 1.807) is 7.11 Å². The summed E-state index contributed by atoms with van der Waals surface area (Å²) in [5, 5.41) is 6.77. The summed E-state index contributed by atoms with van der Waals surface area (Å²) in [6, 6.07) is 5.96. The van der Waals surface area contributed by atoms with Crippen LogP contribution in [0, 0.1) is 0 Å². The fraction of sp³-hybridized carbons (Fsp3) is 0.500. The van der Waals surface area contributed by atoms with E-state index < -0.39 is 0 Å². The minimum absolute atomic E-state index is 0.0395. The zero-order valence-electron chi connectivity index (χ0n) is 11.6. The highest BCUT2D eigenvalue weighted by atomic mass is 35.5. The van der Waals surface area contributed by atoms with Crippen LogP contribution < -0.4 is 15.5 Å². The number of amides is 1. The molecule has 1 aromatic carbocycles. The molecule has 2 rings (SSSR count). The van der Waals surface area contributed by atoms with Crippen LogP contribution in [0.3, 0.4) is 0 Å². The number of hydrogen-bond acceptors (Lipinski definition) is 4. The van der Waals surface area contributed by atoms with Gasteiger partial charge in [0.1, 0.15) is 0 Å². The Morgan fingerprint density at radius 3 is 3.05 bits per heavy atom. The van der Waals surface area contributed by atoms with Crippen molar-refractivity contribution in [3.63, 3.8) is 0 Å². The van der Waals surface area contributed by atoms with Gasteiger partial charge >= 0.3 is 0 Å². The summed E-state index contributed by atoms with van der Waals surface area (Å²) in [6.45, 7) is 4.07. The number of piperazine rings is 1. The lowest BCUT2D eigenvalue weighted by Crippen LogP contribution is -2.47. The van der Waals surface area contributed by atoms with Crippen molar-refractivity contribution in [3.8, 4) is 0 Å². The highest BCUT2D eigenvalue weighted by Gasteiger charge is 2.18. The van der Waals surface area contributed by atoms with Crippen LogP contribution in [0.1, 0.15) is 5.56 Å². The molecule has 0 unspecified atom stereocenters. The smallest absolute Gasteiger partial charge is 0.239 e. The molecular weight excluding hydrogens is 278 g/mol. The maximum absolute atomic E-state index is 11.4. The molecule has 2 N–H and O–H groups in total. The zero-order chi connectivity index (χ0) is 14.4. The number of ether oxygens (including phenoxy) is 1. The van der Waals surface area contributed by atoms with E-state index in [-0.39, 0.29) is 5.91 Å². The van der Waals surface area contributed by atoms with Gasteiger partial charge in [-0.2, -0.15) is 0 Å². The first-order valence-corrected chi connectivity index (χ1v) is 7.08. The Morgan fingerprint density at radius 2 is 2.35 bits per heavy atom. The molecule has 0 aliphatic carbocycles. The number of methoxy groups -OCH3 is 1. The number of nitrogens with one attached hydrogen (secondary N) is 2. The fourth-order valence-electron chi connectivity index (χ4n) is 2.17. The van der Waals surface area contributed by atoms with Crippen LogP contribution in [0.5, 0.6) is 0 Å². The molecule has 1 aliphatic heterocycles. The predicted molar refractivity (Wildman–Crippen MR) is 80.3 cm³/mol. The second kappa shape index (κ2) is 7.47. The number of rotatable bonds is 6. The first-order chi connectivity index (χ1) is 9.70. The van der Waals surface area contributed by atoms with Crippen LogP contribution in [0.4, 0.5) is 5.69 Å². The van der Waals surface area contributed by atoms with Crippen molar-refractivity contribution in [2.75, 3.05) is 44.8 Å². The standard InChI is InChI=1S/C14H20ClN3O2/c1-20-7-5-16-9-11-2-3-13(12(15)8-11)18-6-4-17-14(19)10-18/h2-3,8,16H,4-7,9-10H2,1H3,(H,17,19). The third kappa shape index (κ3) is 4.10. The lowest BCUT2D eigenvalue weighted by molar-refractivity contribution is -0.120. The molecular formula is C14H20ClN3O2. The SMILES string of the molecule is COCCNCc1ccc(N2CCNC(=O)C2)c(Cl)c1. The molecule has 1 aliphatic rings. The minimum atomic E-state index is 0.0395. The Bertz CT molecular complexity index is 468. The van der Waals surface area contributed by atoms with Crippen molar-refractivity contribution in [2.45, 2.75) is 6.54 Å². The summed E-state index contributed by atoms with van der Waals surface area (Å²) in [5.41, 5.74) is 2.04. The van der Waals surface area contributed by atoms with E-state index in [1.165, 1.54) is 0 Å². The van der Waals surface area contributed by atoms with Gasteiger partial charge in [0.2, 0.25) is 5.91 Å². The summed E-state index contributed by atoms with van der Waals surface area (Å²) >= 11 is 6.32. The van der Waals surface area contributed by atoms with Gasteiger partial charge < -0.3 is 20.3 Å². The maximum Gasteiger partial charge on any atom is 0.239 e. The molecule has 0 saturated carbocycles. The molecule has 0 atom stereocenters. The van der Waals surface area contributed by atoms with Crippen molar-refractivity contribution in [1.82, 2.24) is 10.6 Å². The Hall–Kier alpha value is -1.30. The average Bonchev–Trinajstić information content (AvgIpc) is 2.44. The number of benzene rings is 1. The predicted octanol–water partition coefficient (Wildman–Crippen LogP) is 1.01. The summed E-state index contributed by atoms with van der Waals surface area (Å²) in [7, 11) is 1.68. The first-order valence-electron chi connectivity index (χ1n) is 6.70. The zero-order valence-corrected chi connectivity index (χ0v) is 12.4. The first kappa shape index (κ1) is 15.1. The van der Waals surface area contributed by atoms with Crippen molar-refractivity contribution in [1.29, 1.82) is 0 Å². The van der Waals surface area contributed by atoms with Gasteiger partial charge in [-0.1, -0.05) is 17.7 Å². The van der Waals surface area contributed by atoms with Crippen molar-refractivity contribution >= 4 is 23.2 Å². The molecule has 0 aromatic heterocycles. The third-order valence-corrected chi connectivity index (χ3v) is 3.51. The van der Waals surface area contributed by atoms with Gasteiger partial charge in [-0.15, -0.1) is 0 Å². The highest BCUT2D eigenvalue weighted by Crippen LogP contribution is 2.27. The molecule has 1 aromatic rings. The molecule has 110 valence electrons. The molecule has 1 saturated heterocycles. The normalized spacial score (nSPS) is 15.3. The summed E-state index contributed by atoms with van der Waals surface area (Å²) in [6.07, 6.45) is 0. The molecule has 20 heavy (non-hydrogen) atoms. The van der Waals surface area contributed by atoms with E-state index in [9.17, 15) is 4.79 Å².